The van der Waals surface area contributed by atoms with Crippen molar-refractivity contribution >= 4 is 23.6 Å². The molecule has 7 heteroatoms. The largest absolute Gasteiger partial charge is 0.444 e. The second-order valence-electron chi connectivity index (χ2n) is 12.0. The van der Waals surface area contributed by atoms with Crippen molar-refractivity contribution in [3.05, 3.63) is 90.0 Å². The average molecular weight is 542 g/mol. The fourth-order valence-electron chi connectivity index (χ4n) is 4.90. The van der Waals surface area contributed by atoms with Crippen molar-refractivity contribution in [3.63, 3.8) is 0 Å². The Kier molecular flexibility index (Phi) is 8.62. The maximum absolute atomic E-state index is 13.9. The molecular formula is C33H39N3O4. The number of ether oxygens (including phenoxy) is 1. The molecule has 0 saturated carbocycles. The van der Waals surface area contributed by atoms with E-state index in [1.165, 1.54) is 0 Å². The van der Waals surface area contributed by atoms with E-state index in [4.69, 9.17) is 4.74 Å². The number of benzene rings is 3. The highest BCUT2D eigenvalue weighted by atomic mass is 16.6. The van der Waals surface area contributed by atoms with Gasteiger partial charge in [-0.05, 0) is 75.8 Å². The van der Waals surface area contributed by atoms with Crippen molar-refractivity contribution in [1.29, 1.82) is 0 Å². The van der Waals surface area contributed by atoms with Crippen LogP contribution in [0.4, 0.5) is 10.5 Å². The lowest BCUT2D eigenvalue weighted by Crippen LogP contribution is -2.52. The van der Waals surface area contributed by atoms with Crippen LogP contribution in [0.2, 0.25) is 0 Å². The van der Waals surface area contributed by atoms with Crippen LogP contribution in [0.3, 0.4) is 0 Å². The molecule has 2 N–H and O–H groups in total. The number of carbonyl (C=O) groups is 3. The number of hydrogen-bond donors (Lipinski definition) is 2. The van der Waals surface area contributed by atoms with E-state index < -0.39 is 23.3 Å². The first-order valence-electron chi connectivity index (χ1n) is 13.7. The van der Waals surface area contributed by atoms with Crippen LogP contribution < -0.4 is 15.5 Å². The van der Waals surface area contributed by atoms with Gasteiger partial charge in [0.1, 0.15) is 11.6 Å². The molecule has 0 aliphatic carbocycles. The van der Waals surface area contributed by atoms with Crippen LogP contribution in [-0.2, 0) is 27.3 Å². The number of para-hydroxylation sites is 1. The van der Waals surface area contributed by atoms with Crippen molar-refractivity contribution in [2.75, 3.05) is 4.90 Å². The molecule has 1 aliphatic heterocycles. The van der Waals surface area contributed by atoms with Crippen LogP contribution in [-0.4, -0.2) is 35.1 Å². The van der Waals surface area contributed by atoms with Gasteiger partial charge in [-0.15, -0.1) is 0 Å². The summed E-state index contributed by atoms with van der Waals surface area (Å²) >= 11 is 0. The molecule has 1 heterocycles. The number of fused-ring (bicyclic) bond motifs is 1. The summed E-state index contributed by atoms with van der Waals surface area (Å²) in [5, 5.41) is 5.70. The van der Waals surface area contributed by atoms with Gasteiger partial charge in [-0.3, -0.25) is 9.59 Å². The van der Waals surface area contributed by atoms with E-state index in [0.717, 1.165) is 27.9 Å². The number of alkyl carbamates (subject to hydrolysis) is 1. The Morgan fingerprint density at radius 1 is 0.875 bits per heavy atom. The first kappa shape index (κ1) is 28.9. The number of nitrogens with one attached hydrogen (secondary N) is 2. The average Bonchev–Trinajstić information content (AvgIpc) is 3.00. The summed E-state index contributed by atoms with van der Waals surface area (Å²) in [6, 6.07) is 25.6. The number of amides is 3. The number of rotatable bonds is 7. The van der Waals surface area contributed by atoms with Gasteiger partial charge >= 0.3 is 6.09 Å². The lowest BCUT2D eigenvalue weighted by Gasteiger charge is -2.29. The molecule has 1 atom stereocenters. The molecule has 40 heavy (non-hydrogen) atoms. The highest BCUT2D eigenvalue weighted by Crippen LogP contribution is 2.29. The number of hydrogen-bond acceptors (Lipinski definition) is 4. The quantitative estimate of drug-likeness (QED) is 0.383. The van der Waals surface area contributed by atoms with E-state index in [0.29, 0.717) is 19.4 Å². The van der Waals surface area contributed by atoms with E-state index in [-0.39, 0.29) is 18.2 Å². The third-order valence-electron chi connectivity index (χ3n) is 6.73. The van der Waals surface area contributed by atoms with E-state index in [1.54, 1.807) is 39.5 Å². The predicted octanol–water partition coefficient (Wildman–Crippen LogP) is 6.01. The van der Waals surface area contributed by atoms with Crippen LogP contribution in [0.5, 0.6) is 0 Å². The monoisotopic (exact) mass is 541 g/mol. The zero-order chi connectivity index (χ0) is 28.9. The zero-order valence-corrected chi connectivity index (χ0v) is 24.0. The van der Waals surface area contributed by atoms with Crippen LogP contribution >= 0.6 is 0 Å². The number of carbonyl (C=O) groups excluding carboxylic acids is 3. The topological polar surface area (TPSA) is 87.7 Å². The standard InChI is InChI=1S/C33H39N3O4/c1-32(2,3)40-31(39)35-33(4,5)21-29(37)34-27-20-19-26-13-9-10-14-28(26)36(30(27)38)22-23-15-17-25(18-16-23)24-11-7-6-8-12-24/h6-18,27H,19-22H2,1-5H3,(H,34,37)(H,35,39)/t27-/m1/s1. The summed E-state index contributed by atoms with van der Waals surface area (Å²) in [5.41, 5.74) is 3.68. The minimum Gasteiger partial charge on any atom is -0.444 e. The van der Waals surface area contributed by atoms with Crippen LogP contribution in [0, 0.1) is 0 Å². The minimum absolute atomic E-state index is 0.00389. The Morgan fingerprint density at radius 2 is 1.50 bits per heavy atom. The van der Waals surface area contributed by atoms with Gasteiger partial charge in [0, 0.05) is 17.6 Å². The summed E-state index contributed by atoms with van der Waals surface area (Å²) in [7, 11) is 0. The molecule has 3 aromatic carbocycles. The van der Waals surface area contributed by atoms with Gasteiger partial charge in [0.25, 0.3) is 0 Å². The predicted molar refractivity (Wildman–Crippen MR) is 158 cm³/mol. The molecule has 7 nitrogen and oxygen atoms in total. The Hall–Kier alpha value is -4.13. The molecule has 0 saturated heterocycles. The van der Waals surface area contributed by atoms with Gasteiger partial charge in [-0.2, -0.15) is 0 Å². The summed E-state index contributed by atoms with van der Waals surface area (Å²) in [4.78, 5) is 41.0. The summed E-state index contributed by atoms with van der Waals surface area (Å²) in [5.74, 6) is -0.458. The third kappa shape index (κ3) is 7.72. The van der Waals surface area contributed by atoms with Crippen molar-refractivity contribution in [2.45, 2.75) is 77.6 Å². The number of anilines is 1. The Labute approximate surface area is 236 Å². The fraction of sp³-hybridized carbons (Fsp3) is 0.364. The molecule has 0 unspecified atom stereocenters. The summed E-state index contributed by atoms with van der Waals surface area (Å²) in [6.45, 7) is 9.25. The molecule has 0 bridgehead atoms. The summed E-state index contributed by atoms with van der Waals surface area (Å²) < 4.78 is 5.34. The van der Waals surface area contributed by atoms with Crippen LogP contribution in [0.1, 0.15) is 58.6 Å². The highest BCUT2D eigenvalue weighted by molar-refractivity contribution is 6.00. The van der Waals surface area contributed by atoms with Crippen molar-refractivity contribution < 1.29 is 19.1 Å². The number of aryl methyl sites for hydroxylation is 1. The smallest absolute Gasteiger partial charge is 0.408 e. The van der Waals surface area contributed by atoms with Gasteiger partial charge in [-0.25, -0.2) is 4.79 Å². The Bertz CT molecular complexity index is 1340. The number of nitrogens with zero attached hydrogens (tertiary/aromatic N) is 1. The molecule has 1 aliphatic rings. The zero-order valence-electron chi connectivity index (χ0n) is 24.0. The van der Waals surface area contributed by atoms with E-state index in [2.05, 4.69) is 34.9 Å². The third-order valence-corrected chi connectivity index (χ3v) is 6.73. The highest BCUT2D eigenvalue weighted by Gasteiger charge is 2.33. The first-order valence-corrected chi connectivity index (χ1v) is 13.7. The van der Waals surface area contributed by atoms with Gasteiger partial charge in [-0.1, -0.05) is 72.8 Å². The molecule has 3 aromatic rings. The van der Waals surface area contributed by atoms with Gasteiger partial charge < -0.3 is 20.3 Å². The van der Waals surface area contributed by atoms with Crippen LogP contribution in [0.15, 0.2) is 78.9 Å². The maximum Gasteiger partial charge on any atom is 0.408 e. The van der Waals surface area contributed by atoms with Gasteiger partial charge in [0.05, 0.1) is 6.54 Å². The van der Waals surface area contributed by atoms with E-state index in [9.17, 15) is 14.4 Å². The molecule has 0 spiro atoms. The fourth-order valence-corrected chi connectivity index (χ4v) is 4.90. The van der Waals surface area contributed by atoms with E-state index >= 15 is 0 Å². The molecule has 210 valence electrons. The molecule has 0 radical (unpaired) electrons. The molecular weight excluding hydrogens is 502 g/mol. The second-order valence-corrected chi connectivity index (χ2v) is 12.0. The Morgan fingerprint density at radius 3 is 2.17 bits per heavy atom. The molecule has 0 fully saturated rings. The molecule has 0 aromatic heterocycles. The van der Waals surface area contributed by atoms with Crippen molar-refractivity contribution in [2.24, 2.45) is 0 Å². The first-order chi connectivity index (χ1) is 18.9. The van der Waals surface area contributed by atoms with Crippen molar-refractivity contribution in [1.82, 2.24) is 10.6 Å². The Balaban J connectivity index is 1.47. The lowest BCUT2D eigenvalue weighted by molar-refractivity contribution is -0.128. The van der Waals surface area contributed by atoms with Gasteiger partial charge in [0.15, 0.2) is 0 Å². The summed E-state index contributed by atoms with van der Waals surface area (Å²) in [6.07, 6.45) is 0.570. The minimum atomic E-state index is -0.858. The van der Waals surface area contributed by atoms with Gasteiger partial charge in [0.2, 0.25) is 11.8 Å². The van der Waals surface area contributed by atoms with Crippen LogP contribution in [0.25, 0.3) is 11.1 Å². The second kappa shape index (κ2) is 11.9. The van der Waals surface area contributed by atoms with E-state index in [1.807, 2.05) is 54.6 Å². The molecule has 3 amide bonds. The SMILES string of the molecule is CC(C)(CC(=O)N[C@@H]1CCc2ccccc2N(Cc2ccc(-c3ccccc3)cc2)C1=O)NC(=O)OC(C)(C)C. The molecule has 4 rings (SSSR count). The lowest BCUT2D eigenvalue weighted by atomic mass is 9.99. The normalized spacial score (nSPS) is 15.6. The maximum atomic E-state index is 13.9. The van der Waals surface area contributed by atoms with Crippen molar-refractivity contribution in [3.8, 4) is 11.1 Å².